The molecule has 2 aromatic heterocycles. The first-order valence-electron chi connectivity index (χ1n) is 3.70. The molecular formula is C10H10CrN2O2. The predicted molar refractivity (Wildman–Crippen MR) is 49.8 cm³/mol. The van der Waals surface area contributed by atoms with Crippen molar-refractivity contribution < 1.29 is 28.3 Å². The van der Waals surface area contributed by atoms with Gasteiger partial charge in [0, 0.05) is 24.8 Å². The topological polar surface area (TPSA) is 82.8 Å². The molecule has 0 unspecified atom stereocenters. The summed E-state index contributed by atoms with van der Waals surface area (Å²) in [7, 11) is 0. The average Bonchev–Trinajstić information content (AvgIpc) is 2.24. The van der Waals surface area contributed by atoms with Gasteiger partial charge < -0.3 is 11.0 Å². The van der Waals surface area contributed by atoms with Crippen LogP contribution in [0.4, 0.5) is 0 Å². The van der Waals surface area contributed by atoms with E-state index in [0.29, 0.717) is 0 Å². The molecule has 78 valence electrons. The second-order valence-electron chi connectivity index (χ2n) is 2.05. The standard InChI is InChI=1S/2C5H5N.Cr.2O/c2*1-2-4-6-5-3-1;;;/h2*1-5H;;;/q;;+4;2*-2. The van der Waals surface area contributed by atoms with Crippen LogP contribution in [0, 0.1) is 0 Å². The summed E-state index contributed by atoms with van der Waals surface area (Å²) in [5, 5.41) is 0. The van der Waals surface area contributed by atoms with Gasteiger partial charge in [0.2, 0.25) is 0 Å². The fourth-order valence-corrected chi connectivity index (χ4v) is 0.625. The Bertz CT molecular complexity index is 197. The molecule has 0 radical (unpaired) electrons. The molecular weight excluding hydrogens is 232 g/mol. The van der Waals surface area contributed by atoms with Crippen LogP contribution in [0.2, 0.25) is 0 Å². The summed E-state index contributed by atoms with van der Waals surface area (Å²) in [6, 6.07) is 11.4. The van der Waals surface area contributed by atoms with Gasteiger partial charge in [0.25, 0.3) is 0 Å². The fourth-order valence-electron chi connectivity index (χ4n) is 0.625. The molecule has 0 atom stereocenters. The van der Waals surface area contributed by atoms with Gasteiger partial charge >= 0.3 is 17.4 Å². The Kier molecular flexibility index (Phi) is 19.6. The van der Waals surface area contributed by atoms with E-state index in [9.17, 15) is 0 Å². The number of pyridine rings is 2. The molecule has 0 bridgehead atoms. The van der Waals surface area contributed by atoms with Gasteiger partial charge in [0.05, 0.1) is 0 Å². The summed E-state index contributed by atoms with van der Waals surface area (Å²) >= 11 is 0. The number of rotatable bonds is 0. The molecule has 0 aromatic carbocycles. The van der Waals surface area contributed by atoms with E-state index < -0.39 is 0 Å². The Balaban J connectivity index is -0.000000160. The number of aromatic nitrogens is 2. The molecule has 2 heterocycles. The van der Waals surface area contributed by atoms with Crippen molar-refractivity contribution in [1.82, 2.24) is 9.97 Å². The molecule has 4 nitrogen and oxygen atoms in total. The number of hydrogen-bond donors (Lipinski definition) is 0. The van der Waals surface area contributed by atoms with Crippen molar-refractivity contribution in [3.63, 3.8) is 0 Å². The Labute approximate surface area is 99.8 Å². The molecule has 0 aliphatic rings. The zero-order valence-corrected chi connectivity index (χ0v) is 9.17. The normalized spacial score (nSPS) is 6.40. The summed E-state index contributed by atoms with van der Waals surface area (Å²) in [5.74, 6) is 0. The van der Waals surface area contributed by atoms with Crippen molar-refractivity contribution in [3.8, 4) is 0 Å². The fraction of sp³-hybridized carbons (Fsp3) is 0. The van der Waals surface area contributed by atoms with Crippen molar-refractivity contribution in [1.29, 1.82) is 0 Å². The van der Waals surface area contributed by atoms with Crippen molar-refractivity contribution >= 4 is 0 Å². The van der Waals surface area contributed by atoms with E-state index in [1.807, 2.05) is 36.4 Å². The molecule has 0 aliphatic carbocycles. The van der Waals surface area contributed by atoms with Gasteiger partial charge in [0.15, 0.2) is 0 Å². The molecule has 2 rings (SSSR count). The SMILES string of the molecule is [Cr+4].[O-2].[O-2].c1ccncc1.c1ccncc1. The third kappa shape index (κ3) is 12.8. The molecule has 0 N–H and O–H groups in total. The van der Waals surface area contributed by atoms with Gasteiger partial charge in [0.1, 0.15) is 0 Å². The van der Waals surface area contributed by atoms with Crippen LogP contribution in [0.5, 0.6) is 0 Å². The van der Waals surface area contributed by atoms with E-state index >= 15 is 0 Å². The van der Waals surface area contributed by atoms with Gasteiger partial charge in [-0.05, 0) is 24.3 Å². The van der Waals surface area contributed by atoms with Crippen LogP contribution < -0.4 is 0 Å². The second kappa shape index (κ2) is 15.2. The van der Waals surface area contributed by atoms with Gasteiger partial charge in [-0.15, -0.1) is 0 Å². The van der Waals surface area contributed by atoms with Gasteiger partial charge in [-0.2, -0.15) is 0 Å². The Morgan fingerprint density at radius 1 is 0.467 bits per heavy atom. The maximum atomic E-state index is 3.78. The first-order chi connectivity index (χ1) is 6.00. The van der Waals surface area contributed by atoms with E-state index in [4.69, 9.17) is 0 Å². The first-order valence-corrected chi connectivity index (χ1v) is 3.70. The third-order valence-electron chi connectivity index (χ3n) is 1.13. The maximum absolute atomic E-state index is 3.78. The second-order valence-corrected chi connectivity index (χ2v) is 2.05. The molecule has 0 saturated heterocycles. The molecule has 0 fully saturated rings. The van der Waals surface area contributed by atoms with Crippen molar-refractivity contribution in [2.75, 3.05) is 0 Å². The van der Waals surface area contributed by atoms with E-state index in [1.54, 1.807) is 24.8 Å². The largest absolute Gasteiger partial charge is 4.00 e. The van der Waals surface area contributed by atoms with Crippen molar-refractivity contribution in [2.45, 2.75) is 0 Å². The molecule has 15 heavy (non-hydrogen) atoms. The zero-order valence-electron chi connectivity index (χ0n) is 7.89. The van der Waals surface area contributed by atoms with E-state index in [1.165, 1.54) is 0 Å². The minimum absolute atomic E-state index is 0. The van der Waals surface area contributed by atoms with E-state index in [0.717, 1.165) is 0 Å². The molecule has 5 heteroatoms. The minimum atomic E-state index is 0. The summed E-state index contributed by atoms with van der Waals surface area (Å²) in [6.45, 7) is 0. The van der Waals surface area contributed by atoms with Crippen LogP contribution in [0.1, 0.15) is 0 Å². The maximum Gasteiger partial charge on any atom is 4.00 e. The van der Waals surface area contributed by atoms with Crippen LogP contribution in [0.25, 0.3) is 0 Å². The van der Waals surface area contributed by atoms with Crippen LogP contribution in [0.15, 0.2) is 61.2 Å². The molecule has 0 spiro atoms. The summed E-state index contributed by atoms with van der Waals surface area (Å²) in [4.78, 5) is 7.57. The minimum Gasteiger partial charge on any atom is -2.00 e. The monoisotopic (exact) mass is 242 g/mol. The third-order valence-corrected chi connectivity index (χ3v) is 1.13. The molecule has 2 aromatic rings. The Morgan fingerprint density at radius 2 is 0.733 bits per heavy atom. The first kappa shape index (κ1) is 19.3. The van der Waals surface area contributed by atoms with E-state index in [-0.39, 0.29) is 28.3 Å². The summed E-state index contributed by atoms with van der Waals surface area (Å²) in [5.41, 5.74) is 0. The van der Waals surface area contributed by atoms with Crippen LogP contribution in [-0.4, -0.2) is 9.97 Å². The molecule has 0 amide bonds. The van der Waals surface area contributed by atoms with Crippen molar-refractivity contribution in [2.24, 2.45) is 0 Å². The zero-order chi connectivity index (χ0) is 8.49. The van der Waals surface area contributed by atoms with Gasteiger partial charge in [-0.1, -0.05) is 12.1 Å². The number of hydrogen-bond acceptors (Lipinski definition) is 2. The summed E-state index contributed by atoms with van der Waals surface area (Å²) in [6.07, 6.45) is 7.00. The quantitative estimate of drug-likeness (QED) is 0.707. The molecule has 0 saturated carbocycles. The van der Waals surface area contributed by atoms with Crippen LogP contribution in [0.3, 0.4) is 0 Å². The predicted octanol–water partition coefficient (Wildman–Crippen LogP) is 1.92. The Morgan fingerprint density at radius 3 is 0.800 bits per heavy atom. The van der Waals surface area contributed by atoms with E-state index in [2.05, 4.69) is 9.97 Å². The van der Waals surface area contributed by atoms with Crippen LogP contribution in [-0.2, 0) is 28.3 Å². The van der Waals surface area contributed by atoms with Gasteiger partial charge in [-0.3, -0.25) is 9.97 Å². The van der Waals surface area contributed by atoms with Crippen molar-refractivity contribution in [3.05, 3.63) is 61.2 Å². The average molecular weight is 242 g/mol. The number of nitrogens with zero attached hydrogens (tertiary/aromatic N) is 2. The van der Waals surface area contributed by atoms with Gasteiger partial charge in [-0.25, -0.2) is 0 Å². The molecule has 0 aliphatic heterocycles. The smallest absolute Gasteiger partial charge is 2.00 e. The van der Waals surface area contributed by atoms with Crippen LogP contribution >= 0.6 is 0 Å². The Hall–Kier alpha value is -1.25. The summed E-state index contributed by atoms with van der Waals surface area (Å²) < 4.78 is 0.